The highest BCUT2D eigenvalue weighted by molar-refractivity contribution is 6.01. The molecule has 5 nitrogen and oxygen atoms in total. The van der Waals surface area contributed by atoms with Crippen LogP contribution in [0, 0.1) is 19.7 Å². The second-order valence-corrected chi connectivity index (χ2v) is 7.63. The Morgan fingerprint density at radius 2 is 1.69 bits per heavy atom. The van der Waals surface area contributed by atoms with E-state index in [2.05, 4.69) is 20.5 Å². The number of carbonyl (C=O) groups excluding carboxylic acids is 1. The highest BCUT2D eigenvalue weighted by Crippen LogP contribution is 2.26. The smallest absolute Gasteiger partial charge is 0.323 e. The first-order valence-corrected chi connectivity index (χ1v) is 10.00. The molecule has 0 radical (unpaired) electrons. The van der Waals surface area contributed by atoms with Crippen molar-refractivity contribution in [2.45, 2.75) is 33.1 Å². The highest BCUT2D eigenvalue weighted by Gasteiger charge is 2.14. The number of benzene rings is 2. The number of amides is 2. The largest absolute Gasteiger partial charge is 0.357 e. The zero-order valence-corrected chi connectivity index (χ0v) is 16.8. The zero-order chi connectivity index (χ0) is 20.4. The summed E-state index contributed by atoms with van der Waals surface area (Å²) < 4.78 is 14.7. The molecule has 1 aliphatic heterocycles. The molecule has 0 atom stereocenters. The molecule has 150 valence electrons. The van der Waals surface area contributed by atoms with Gasteiger partial charge in [-0.1, -0.05) is 6.07 Å². The SMILES string of the molecule is Cc1ccc(NC(=O)Nc2cc(F)c3nc(N4CCCCC4)ccc3c2)cc1C. The number of nitrogens with one attached hydrogen (secondary N) is 2. The Bertz CT molecular complexity index is 1060. The van der Waals surface area contributed by atoms with Crippen LogP contribution in [0.25, 0.3) is 10.9 Å². The molecule has 6 heteroatoms. The number of carbonyl (C=O) groups is 1. The number of piperidine rings is 1. The van der Waals surface area contributed by atoms with Crippen molar-refractivity contribution in [1.29, 1.82) is 0 Å². The summed E-state index contributed by atoms with van der Waals surface area (Å²) in [5.74, 6) is 0.368. The number of fused-ring (bicyclic) bond motifs is 1. The molecule has 2 heterocycles. The van der Waals surface area contributed by atoms with E-state index in [1.165, 1.54) is 12.5 Å². The lowest BCUT2D eigenvalue weighted by Gasteiger charge is -2.27. The average molecular weight is 392 g/mol. The molecule has 4 rings (SSSR count). The Kier molecular flexibility index (Phi) is 5.34. The van der Waals surface area contributed by atoms with Gasteiger partial charge in [0, 0.05) is 29.9 Å². The first-order valence-electron chi connectivity index (χ1n) is 10.00. The number of anilines is 3. The van der Waals surface area contributed by atoms with Gasteiger partial charge in [-0.2, -0.15) is 0 Å². The third-order valence-corrected chi connectivity index (χ3v) is 5.43. The van der Waals surface area contributed by atoms with Crippen LogP contribution in [0.2, 0.25) is 0 Å². The second kappa shape index (κ2) is 8.07. The molecule has 2 aromatic carbocycles. The summed E-state index contributed by atoms with van der Waals surface area (Å²) in [4.78, 5) is 19.0. The molecule has 2 amide bonds. The van der Waals surface area contributed by atoms with E-state index in [9.17, 15) is 9.18 Å². The Morgan fingerprint density at radius 1 is 0.931 bits per heavy atom. The predicted octanol–water partition coefficient (Wildman–Crippen LogP) is 5.63. The van der Waals surface area contributed by atoms with Crippen LogP contribution < -0.4 is 15.5 Å². The van der Waals surface area contributed by atoms with Crippen molar-refractivity contribution >= 4 is 34.1 Å². The van der Waals surface area contributed by atoms with Crippen LogP contribution in [-0.2, 0) is 0 Å². The van der Waals surface area contributed by atoms with Crippen molar-refractivity contribution in [2.24, 2.45) is 0 Å². The molecule has 0 spiro atoms. The Morgan fingerprint density at radius 3 is 2.45 bits per heavy atom. The fraction of sp³-hybridized carbons (Fsp3) is 0.304. The molecular weight excluding hydrogens is 367 g/mol. The Balaban J connectivity index is 1.51. The van der Waals surface area contributed by atoms with E-state index in [1.54, 1.807) is 6.07 Å². The molecule has 2 N–H and O–H groups in total. The van der Waals surface area contributed by atoms with E-state index in [4.69, 9.17) is 0 Å². The maximum atomic E-state index is 14.7. The number of nitrogens with zero attached hydrogens (tertiary/aromatic N) is 2. The van der Waals surface area contributed by atoms with E-state index in [-0.39, 0.29) is 0 Å². The summed E-state index contributed by atoms with van der Waals surface area (Å²) in [6.45, 7) is 5.92. The lowest BCUT2D eigenvalue weighted by atomic mass is 10.1. The molecule has 0 unspecified atom stereocenters. The molecule has 1 fully saturated rings. The lowest BCUT2D eigenvalue weighted by molar-refractivity contribution is 0.262. The summed E-state index contributed by atoms with van der Waals surface area (Å²) in [6.07, 6.45) is 3.51. The highest BCUT2D eigenvalue weighted by atomic mass is 19.1. The first-order chi connectivity index (χ1) is 14.0. The topological polar surface area (TPSA) is 57.3 Å². The van der Waals surface area contributed by atoms with Gasteiger partial charge in [-0.15, -0.1) is 0 Å². The summed E-state index contributed by atoms with van der Waals surface area (Å²) in [5.41, 5.74) is 3.66. The summed E-state index contributed by atoms with van der Waals surface area (Å²) in [5, 5.41) is 6.15. The fourth-order valence-electron chi connectivity index (χ4n) is 3.67. The van der Waals surface area contributed by atoms with Crippen molar-refractivity contribution < 1.29 is 9.18 Å². The third kappa shape index (κ3) is 4.31. The molecule has 1 saturated heterocycles. The van der Waals surface area contributed by atoms with Crippen molar-refractivity contribution in [3.63, 3.8) is 0 Å². The molecule has 1 aliphatic rings. The van der Waals surface area contributed by atoms with Gasteiger partial charge in [0.25, 0.3) is 0 Å². The molecule has 3 aromatic rings. The molecule has 1 aromatic heterocycles. The molecule has 0 aliphatic carbocycles. The van der Waals surface area contributed by atoms with Crippen molar-refractivity contribution in [1.82, 2.24) is 4.98 Å². The van der Waals surface area contributed by atoms with Crippen molar-refractivity contribution in [3.8, 4) is 0 Å². The first kappa shape index (κ1) is 19.2. The van der Waals surface area contributed by atoms with Gasteiger partial charge in [-0.25, -0.2) is 14.2 Å². The number of pyridine rings is 1. The van der Waals surface area contributed by atoms with E-state index in [0.29, 0.717) is 22.3 Å². The van der Waals surface area contributed by atoms with E-state index < -0.39 is 11.8 Å². The maximum absolute atomic E-state index is 14.7. The number of halogens is 1. The Labute approximate surface area is 169 Å². The van der Waals surface area contributed by atoms with Crippen LogP contribution in [0.1, 0.15) is 30.4 Å². The molecule has 29 heavy (non-hydrogen) atoms. The van der Waals surface area contributed by atoms with E-state index in [1.807, 2.05) is 44.2 Å². The van der Waals surface area contributed by atoms with Crippen LogP contribution in [-0.4, -0.2) is 24.1 Å². The normalized spacial score (nSPS) is 14.1. The fourth-order valence-corrected chi connectivity index (χ4v) is 3.67. The number of aryl methyl sites for hydroxylation is 2. The van der Waals surface area contributed by atoms with Crippen molar-refractivity contribution in [2.75, 3.05) is 28.6 Å². The second-order valence-electron chi connectivity index (χ2n) is 7.63. The zero-order valence-electron chi connectivity index (χ0n) is 16.8. The van der Waals surface area contributed by atoms with Gasteiger partial charge in [0.2, 0.25) is 0 Å². The third-order valence-electron chi connectivity index (χ3n) is 5.43. The number of rotatable bonds is 3. The van der Waals surface area contributed by atoms with Gasteiger partial charge in [-0.05, 0) is 80.6 Å². The van der Waals surface area contributed by atoms with E-state index >= 15 is 0 Å². The minimum atomic E-state index is -0.442. The van der Waals surface area contributed by atoms with Crippen LogP contribution in [0.4, 0.5) is 26.4 Å². The van der Waals surface area contributed by atoms with Crippen LogP contribution >= 0.6 is 0 Å². The van der Waals surface area contributed by atoms with Gasteiger partial charge >= 0.3 is 6.03 Å². The standard InChI is InChI=1S/C23H25FN4O/c1-15-6-8-18(12-16(15)2)25-23(29)26-19-13-17-7-9-21(27-22(17)20(24)14-19)28-10-4-3-5-11-28/h6-9,12-14H,3-5,10-11H2,1-2H3,(H2,25,26,29). The minimum Gasteiger partial charge on any atom is -0.357 e. The number of urea groups is 1. The maximum Gasteiger partial charge on any atom is 0.323 e. The monoisotopic (exact) mass is 392 g/mol. The summed E-state index contributed by atoms with van der Waals surface area (Å²) >= 11 is 0. The quantitative estimate of drug-likeness (QED) is 0.608. The number of hydrogen-bond acceptors (Lipinski definition) is 3. The Hall–Kier alpha value is -3.15. The number of hydrogen-bond donors (Lipinski definition) is 2. The van der Waals surface area contributed by atoms with Gasteiger partial charge < -0.3 is 15.5 Å². The molecule has 0 bridgehead atoms. The molecule has 0 saturated carbocycles. The van der Waals surface area contributed by atoms with Crippen molar-refractivity contribution in [3.05, 3.63) is 59.4 Å². The van der Waals surface area contributed by atoms with Crippen LogP contribution in [0.15, 0.2) is 42.5 Å². The van der Waals surface area contributed by atoms with Gasteiger partial charge in [-0.3, -0.25) is 0 Å². The summed E-state index contributed by atoms with van der Waals surface area (Å²) in [6, 6.07) is 12.1. The number of aromatic nitrogens is 1. The van der Waals surface area contributed by atoms with Gasteiger partial charge in [0.15, 0.2) is 5.82 Å². The van der Waals surface area contributed by atoms with E-state index in [0.717, 1.165) is 42.9 Å². The lowest BCUT2D eigenvalue weighted by Crippen LogP contribution is -2.30. The van der Waals surface area contributed by atoms with Crippen LogP contribution in [0.5, 0.6) is 0 Å². The predicted molar refractivity (Wildman–Crippen MR) is 116 cm³/mol. The van der Waals surface area contributed by atoms with Gasteiger partial charge in [0.1, 0.15) is 11.3 Å². The molecular formula is C23H25FN4O. The van der Waals surface area contributed by atoms with Crippen LogP contribution in [0.3, 0.4) is 0 Å². The van der Waals surface area contributed by atoms with Gasteiger partial charge in [0.05, 0.1) is 0 Å². The minimum absolute atomic E-state index is 0.327. The summed E-state index contributed by atoms with van der Waals surface area (Å²) in [7, 11) is 0. The average Bonchev–Trinajstić information content (AvgIpc) is 2.71.